The number of guanidine groups is 1. The van der Waals surface area contributed by atoms with Gasteiger partial charge in [-0.2, -0.15) is 0 Å². The fraction of sp³-hybridized carbons (Fsp3) is 0.294. The summed E-state index contributed by atoms with van der Waals surface area (Å²) in [6.07, 6.45) is 4.04. The predicted octanol–water partition coefficient (Wildman–Crippen LogP) is 3.00. The molecular weight excluding hydrogens is 465 g/mol. The highest BCUT2D eigenvalue weighted by Crippen LogP contribution is 2.32. The third-order valence-corrected chi connectivity index (χ3v) is 4.55. The van der Waals surface area contributed by atoms with E-state index in [2.05, 4.69) is 20.6 Å². The van der Waals surface area contributed by atoms with Crippen molar-refractivity contribution in [2.75, 3.05) is 13.3 Å². The molecule has 0 unspecified atom stereocenters. The lowest BCUT2D eigenvalue weighted by Crippen LogP contribution is -2.36. The molecule has 7 nitrogen and oxygen atoms in total. The van der Waals surface area contributed by atoms with E-state index >= 15 is 0 Å². The van der Waals surface area contributed by atoms with Gasteiger partial charge in [-0.05, 0) is 24.6 Å². The molecule has 2 aromatic heterocycles. The molecule has 1 aliphatic rings. The Morgan fingerprint density at radius 2 is 2.19 bits per heavy atom. The molecule has 0 aliphatic carbocycles. The summed E-state index contributed by atoms with van der Waals surface area (Å²) in [7, 11) is 0. The van der Waals surface area contributed by atoms with Crippen molar-refractivity contribution in [3.63, 3.8) is 0 Å². The zero-order chi connectivity index (χ0) is 17.1. The maximum atomic E-state index is 5.41. The Morgan fingerprint density at radius 3 is 3.04 bits per heavy atom. The van der Waals surface area contributed by atoms with Gasteiger partial charge >= 0.3 is 0 Å². The SMILES string of the molecule is CCNC(=NCc1ccc2c(c1)OCO2)NCc1cn2ccsc2n1.I. The zero-order valence-corrected chi connectivity index (χ0v) is 17.4. The second kappa shape index (κ2) is 8.58. The molecule has 0 saturated heterocycles. The Hall–Kier alpha value is -2.01. The van der Waals surface area contributed by atoms with Crippen LogP contribution in [0.15, 0.2) is 41.0 Å². The summed E-state index contributed by atoms with van der Waals surface area (Å²) in [5.74, 6) is 2.33. The summed E-state index contributed by atoms with van der Waals surface area (Å²) in [4.78, 5) is 10.2. The van der Waals surface area contributed by atoms with Gasteiger partial charge in [0.05, 0.1) is 18.8 Å². The Morgan fingerprint density at radius 1 is 1.31 bits per heavy atom. The standard InChI is InChI=1S/C17H19N5O2S.HI/c1-2-18-16(20-9-13-10-22-5-6-25-17(22)21-13)19-8-12-3-4-14-15(7-12)24-11-23-14;/h3-7,10H,2,8-9,11H2,1H3,(H2,18,19,20);1H. The van der Waals surface area contributed by atoms with Gasteiger partial charge in [-0.25, -0.2) is 9.98 Å². The van der Waals surface area contributed by atoms with Gasteiger partial charge in [0.1, 0.15) is 0 Å². The molecule has 26 heavy (non-hydrogen) atoms. The lowest BCUT2D eigenvalue weighted by molar-refractivity contribution is 0.174. The fourth-order valence-corrected chi connectivity index (χ4v) is 3.31. The summed E-state index contributed by atoms with van der Waals surface area (Å²) in [6.45, 7) is 4.32. The van der Waals surface area contributed by atoms with E-state index in [9.17, 15) is 0 Å². The highest BCUT2D eigenvalue weighted by atomic mass is 127. The topological polar surface area (TPSA) is 72.2 Å². The van der Waals surface area contributed by atoms with E-state index in [1.165, 1.54) is 0 Å². The average Bonchev–Trinajstić information content (AvgIpc) is 3.32. The molecule has 0 radical (unpaired) electrons. The van der Waals surface area contributed by atoms with Gasteiger partial charge in [0.2, 0.25) is 6.79 Å². The van der Waals surface area contributed by atoms with Gasteiger partial charge in [-0.1, -0.05) is 6.07 Å². The van der Waals surface area contributed by atoms with Crippen LogP contribution in [0.3, 0.4) is 0 Å². The molecule has 2 N–H and O–H groups in total. The summed E-state index contributed by atoms with van der Waals surface area (Å²) in [6, 6.07) is 5.90. The van der Waals surface area contributed by atoms with Crippen LogP contribution >= 0.6 is 35.3 Å². The molecule has 0 fully saturated rings. The highest BCUT2D eigenvalue weighted by molar-refractivity contribution is 14.0. The minimum absolute atomic E-state index is 0. The summed E-state index contributed by atoms with van der Waals surface area (Å²) in [5, 5.41) is 8.60. The number of nitrogens with one attached hydrogen (secondary N) is 2. The smallest absolute Gasteiger partial charge is 0.231 e. The number of benzene rings is 1. The minimum Gasteiger partial charge on any atom is -0.454 e. The van der Waals surface area contributed by atoms with E-state index in [1.54, 1.807) is 11.3 Å². The van der Waals surface area contributed by atoms with Gasteiger partial charge in [0.15, 0.2) is 22.4 Å². The van der Waals surface area contributed by atoms with Gasteiger partial charge in [0, 0.05) is 24.3 Å². The van der Waals surface area contributed by atoms with Crippen LogP contribution in [0, 0.1) is 0 Å². The molecule has 0 amide bonds. The van der Waals surface area contributed by atoms with Crippen LogP contribution in [0.4, 0.5) is 0 Å². The summed E-state index contributed by atoms with van der Waals surface area (Å²) < 4.78 is 12.8. The molecular formula is C17H20IN5O2S. The Balaban J connectivity index is 0.00000196. The predicted molar refractivity (Wildman–Crippen MR) is 113 cm³/mol. The van der Waals surface area contributed by atoms with Crippen LogP contribution in [0.25, 0.3) is 4.96 Å². The van der Waals surface area contributed by atoms with Crippen molar-refractivity contribution in [3.8, 4) is 11.5 Å². The third-order valence-electron chi connectivity index (χ3n) is 3.78. The van der Waals surface area contributed by atoms with Gasteiger partial charge < -0.3 is 20.1 Å². The Bertz CT molecular complexity index is 879. The van der Waals surface area contributed by atoms with Crippen LogP contribution < -0.4 is 20.1 Å². The van der Waals surface area contributed by atoms with Crippen LogP contribution in [0.5, 0.6) is 11.5 Å². The van der Waals surface area contributed by atoms with Crippen molar-refractivity contribution < 1.29 is 9.47 Å². The zero-order valence-electron chi connectivity index (χ0n) is 14.3. The van der Waals surface area contributed by atoms with E-state index in [4.69, 9.17) is 9.47 Å². The highest BCUT2D eigenvalue weighted by Gasteiger charge is 2.13. The maximum absolute atomic E-state index is 5.41. The number of aliphatic imine (C=N–C) groups is 1. The van der Waals surface area contributed by atoms with E-state index in [-0.39, 0.29) is 30.8 Å². The van der Waals surface area contributed by atoms with Crippen molar-refractivity contribution in [1.29, 1.82) is 0 Å². The molecule has 3 heterocycles. The van der Waals surface area contributed by atoms with E-state index in [0.29, 0.717) is 13.1 Å². The lowest BCUT2D eigenvalue weighted by Gasteiger charge is -2.10. The van der Waals surface area contributed by atoms with Crippen molar-refractivity contribution in [1.82, 2.24) is 20.0 Å². The molecule has 0 saturated carbocycles. The number of rotatable bonds is 5. The Kier molecular flexibility index (Phi) is 6.20. The summed E-state index contributed by atoms with van der Waals surface area (Å²) in [5.41, 5.74) is 2.06. The molecule has 1 aliphatic heterocycles. The molecule has 138 valence electrons. The number of hydrogen-bond acceptors (Lipinski definition) is 5. The van der Waals surface area contributed by atoms with Crippen LogP contribution in [-0.2, 0) is 13.1 Å². The van der Waals surface area contributed by atoms with E-state index < -0.39 is 0 Å². The first-order valence-corrected chi connectivity index (χ1v) is 9.01. The second-order valence-electron chi connectivity index (χ2n) is 5.56. The van der Waals surface area contributed by atoms with Crippen molar-refractivity contribution >= 4 is 46.2 Å². The summed E-state index contributed by atoms with van der Waals surface area (Å²) >= 11 is 1.63. The average molecular weight is 485 g/mol. The van der Waals surface area contributed by atoms with Crippen LogP contribution in [0.2, 0.25) is 0 Å². The number of aromatic nitrogens is 2. The van der Waals surface area contributed by atoms with Gasteiger partial charge in [-0.3, -0.25) is 4.40 Å². The number of nitrogens with zero attached hydrogens (tertiary/aromatic N) is 3. The van der Waals surface area contributed by atoms with Crippen molar-refractivity contribution in [3.05, 3.63) is 47.2 Å². The number of imidazole rings is 1. The van der Waals surface area contributed by atoms with Crippen LogP contribution in [0.1, 0.15) is 18.2 Å². The first-order chi connectivity index (χ1) is 12.3. The minimum atomic E-state index is 0. The normalized spacial score (nSPS) is 12.9. The number of fused-ring (bicyclic) bond motifs is 2. The molecule has 3 aromatic rings. The van der Waals surface area contributed by atoms with Crippen molar-refractivity contribution in [2.45, 2.75) is 20.0 Å². The molecule has 0 atom stereocenters. The van der Waals surface area contributed by atoms with Gasteiger partial charge in [0.25, 0.3) is 0 Å². The molecule has 9 heteroatoms. The third kappa shape index (κ3) is 4.21. The number of thiazole rings is 1. The van der Waals surface area contributed by atoms with Gasteiger partial charge in [-0.15, -0.1) is 35.3 Å². The largest absolute Gasteiger partial charge is 0.454 e. The fourth-order valence-electron chi connectivity index (χ4n) is 2.59. The monoisotopic (exact) mass is 485 g/mol. The molecule has 4 rings (SSSR count). The maximum Gasteiger partial charge on any atom is 0.231 e. The number of ether oxygens (including phenoxy) is 2. The Labute approximate surface area is 172 Å². The van der Waals surface area contributed by atoms with Crippen LogP contribution in [-0.4, -0.2) is 28.7 Å². The molecule has 0 bridgehead atoms. The molecule has 0 spiro atoms. The second-order valence-corrected chi connectivity index (χ2v) is 6.43. The quantitative estimate of drug-likeness (QED) is 0.331. The number of halogens is 1. The first kappa shape index (κ1) is 18.8. The van der Waals surface area contributed by atoms with E-state index in [0.717, 1.165) is 40.2 Å². The van der Waals surface area contributed by atoms with E-state index in [1.807, 2.05) is 47.3 Å². The lowest BCUT2D eigenvalue weighted by atomic mass is 10.2. The van der Waals surface area contributed by atoms with Crippen molar-refractivity contribution in [2.24, 2.45) is 4.99 Å². The first-order valence-electron chi connectivity index (χ1n) is 8.13. The molecule has 1 aromatic carbocycles. The number of hydrogen-bond donors (Lipinski definition) is 2.